The third-order valence-corrected chi connectivity index (χ3v) is 2.38. The van der Waals surface area contributed by atoms with E-state index in [1.165, 1.54) is 13.4 Å². The summed E-state index contributed by atoms with van der Waals surface area (Å²) in [7, 11) is 1.54. The second-order valence-corrected chi connectivity index (χ2v) is 4.01. The average molecular weight is 210 g/mol. The molecule has 0 aliphatic heterocycles. The Kier molecular flexibility index (Phi) is 3.34. The minimum absolute atomic E-state index is 0.0481. The molecule has 0 aliphatic rings. The van der Waals surface area contributed by atoms with Crippen molar-refractivity contribution in [3.8, 4) is 5.88 Å². The van der Waals surface area contributed by atoms with Gasteiger partial charge in [-0.3, -0.25) is 0 Å². The van der Waals surface area contributed by atoms with Crippen molar-refractivity contribution in [2.75, 3.05) is 18.2 Å². The highest BCUT2D eigenvalue weighted by Gasteiger charge is 2.18. The summed E-state index contributed by atoms with van der Waals surface area (Å²) in [5, 5.41) is 3.25. The number of ether oxygens (including phenoxy) is 1. The topological polar surface area (TPSA) is 73.1 Å². The third-order valence-electron chi connectivity index (χ3n) is 2.38. The van der Waals surface area contributed by atoms with Crippen LogP contribution in [0.2, 0.25) is 0 Å². The first-order valence-corrected chi connectivity index (χ1v) is 4.93. The molecule has 1 heterocycles. The van der Waals surface area contributed by atoms with Crippen LogP contribution in [0.3, 0.4) is 0 Å². The first-order chi connectivity index (χ1) is 7.00. The number of nitrogens with one attached hydrogen (secondary N) is 1. The van der Waals surface area contributed by atoms with Crippen LogP contribution in [0.5, 0.6) is 5.88 Å². The molecular formula is C10H18N4O. The van der Waals surface area contributed by atoms with Crippen LogP contribution in [0.25, 0.3) is 0 Å². The normalized spacial score (nSPS) is 11.2. The Morgan fingerprint density at radius 3 is 2.67 bits per heavy atom. The molecule has 0 atom stereocenters. The number of nitrogen functional groups attached to an aromatic ring is 1. The minimum Gasteiger partial charge on any atom is -0.479 e. The van der Waals surface area contributed by atoms with Crippen molar-refractivity contribution in [1.29, 1.82) is 0 Å². The first-order valence-electron chi connectivity index (χ1n) is 4.93. The van der Waals surface area contributed by atoms with Crippen LogP contribution in [-0.4, -0.2) is 22.6 Å². The summed E-state index contributed by atoms with van der Waals surface area (Å²) in [6.45, 7) is 6.27. The van der Waals surface area contributed by atoms with Crippen LogP contribution >= 0.6 is 0 Å². The Morgan fingerprint density at radius 1 is 1.47 bits per heavy atom. The fourth-order valence-electron chi connectivity index (χ4n) is 1.05. The minimum atomic E-state index is -0.0481. The molecule has 0 aromatic carbocycles. The van der Waals surface area contributed by atoms with Crippen molar-refractivity contribution in [3.63, 3.8) is 0 Å². The van der Waals surface area contributed by atoms with E-state index < -0.39 is 0 Å². The van der Waals surface area contributed by atoms with E-state index >= 15 is 0 Å². The predicted octanol–water partition coefficient (Wildman–Crippen LogP) is 1.67. The van der Waals surface area contributed by atoms with Crippen LogP contribution in [0.4, 0.5) is 11.5 Å². The maximum Gasteiger partial charge on any atom is 0.242 e. The van der Waals surface area contributed by atoms with Crippen LogP contribution in [-0.2, 0) is 0 Å². The SMILES string of the molecule is CCC(C)(C)Nc1ncnc(OC)c1N. The van der Waals surface area contributed by atoms with E-state index in [0.29, 0.717) is 17.4 Å². The molecule has 0 unspecified atom stereocenters. The van der Waals surface area contributed by atoms with Gasteiger partial charge in [0.05, 0.1) is 7.11 Å². The summed E-state index contributed by atoms with van der Waals surface area (Å²) < 4.78 is 5.02. The summed E-state index contributed by atoms with van der Waals surface area (Å²) in [5.41, 5.74) is 6.24. The number of hydrogen-bond acceptors (Lipinski definition) is 5. The zero-order valence-corrected chi connectivity index (χ0v) is 9.66. The van der Waals surface area contributed by atoms with E-state index in [4.69, 9.17) is 10.5 Å². The van der Waals surface area contributed by atoms with Crippen molar-refractivity contribution < 1.29 is 4.74 Å². The van der Waals surface area contributed by atoms with Crippen molar-refractivity contribution in [2.45, 2.75) is 32.7 Å². The second kappa shape index (κ2) is 4.33. The van der Waals surface area contributed by atoms with Gasteiger partial charge in [-0.05, 0) is 20.3 Å². The number of aromatic nitrogens is 2. The molecular weight excluding hydrogens is 192 g/mol. The highest BCUT2D eigenvalue weighted by molar-refractivity contribution is 5.67. The van der Waals surface area contributed by atoms with Gasteiger partial charge in [0.1, 0.15) is 12.0 Å². The number of rotatable bonds is 4. The molecule has 5 heteroatoms. The van der Waals surface area contributed by atoms with E-state index in [0.717, 1.165) is 6.42 Å². The zero-order valence-electron chi connectivity index (χ0n) is 9.66. The van der Waals surface area contributed by atoms with E-state index in [9.17, 15) is 0 Å². The van der Waals surface area contributed by atoms with Gasteiger partial charge in [0.2, 0.25) is 5.88 Å². The number of nitrogens with zero attached hydrogens (tertiary/aromatic N) is 2. The summed E-state index contributed by atoms with van der Waals surface area (Å²) in [6.07, 6.45) is 2.40. The van der Waals surface area contributed by atoms with Crippen molar-refractivity contribution in [3.05, 3.63) is 6.33 Å². The van der Waals surface area contributed by atoms with Gasteiger partial charge in [-0.2, -0.15) is 4.98 Å². The molecule has 1 aromatic rings. The van der Waals surface area contributed by atoms with Crippen LogP contribution in [0, 0.1) is 0 Å². The lowest BCUT2D eigenvalue weighted by molar-refractivity contribution is 0.399. The molecule has 0 aliphatic carbocycles. The Morgan fingerprint density at radius 2 is 2.13 bits per heavy atom. The Labute approximate surface area is 90.1 Å². The predicted molar refractivity (Wildman–Crippen MR) is 61.0 cm³/mol. The summed E-state index contributed by atoms with van der Waals surface area (Å²) in [6, 6.07) is 0. The quantitative estimate of drug-likeness (QED) is 0.790. The molecule has 5 nitrogen and oxygen atoms in total. The van der Waals surface area contributed by atoms with E-state index in [1.54, 1.807) is 0 Å². The maximum absolute atomic E-state index is 5.84. The molecule has 15 heavy (non-hydrogen) atoms. The zero-order chi connectivity index (χ0) is 11.5. The lowest BCUT2D eigenvalue weighted by Crippen LogP contribution is -2.30. The van der Waals surface area contributed by atoms with Gasteiger partial charge in [0.15, 0.2) is 5.82 Å². The number of methoxy groups -OCH3 is 1. The monoisotopic (exact) mass is 210 g/mol. The highest BCUT2D eigenvalue weighted by atomic mass is 16.5. The highest BCUT2D eigenvalue weighted by Crippen LogP contribution is 2.27. The second-order valence-electron chi connectivity index (χ2n) is 4.01. The van der Waals surface area contributed by atoms with Gasteiger partial charge in [-0.15, -0.1) is 0 Å². The smallest absolute Gasteiger partial charge is 0.242 e. The molecule has 0 amide bonds. The van der Waals surface area contributed by atoms with Crippen LogP contribution in [0.15, 0.2) is 6.33 Å². The lowest BCUT2D eigenvalue weighted by Gasteiger charge is -2.25. The molecule has 84 valence electrons. The standard InChI is InChI=1S/C10H18N4O/c1-5-10(2,3)14-8-7(11)9(15-4)13-6-12-8/h6H,5,11H2,1-4H3,(H,12,13,14). The van der Waals surface area contributed by atoms with Gasteiger partial charge in [0.25, 0.3) is 0 Å². The molecule has 0 saturated heterocycles. The Hall–Kier alpha value is -1.52. The Balaban J connectivity index is 2.95. The van der Waals surface area contributed by atoms with Gasteiger partial charge < -0.3 is 15.8 Å². The van der Waals surface area contributed by atoms with Crippen molar-refractivity contribution in [1.82, 2.24) is 9.97 Å². The molecule has 1 aromatic heterocycles. The van der Waals surface area contributed by atoms with Gasteiger partial charge in [0, 0.05) is 5.54 Å². The fraction of sp³-hybridized carbons (Fsp3) is 0.600. The first kappa shape index (κ1) is 11.6. The van der Waals surface area contributed by atoms with Gasteiger partial charge in [-0.1, -0.05) is 6.92 Å². The van der Waals surface area contributed by atoms with Crippen LogP contribution < -0.4 is 15.8 Å². The molecule has 1 rings (SSSR count). The Bertz CT molecular complexity index is 338. The molecule has 0 spiro atoms. The van der Waals surface area contributed by atoms with E-state index in [-0.39, 0.29) is 5.54 Å². The third kappa shape index (κ3) is 2.71. The van der Waals surface area contributed by atoms with Gasteiger partial charge >= 0.3 is 0 Å². The maximum atomic E-state index is 5.84. The van der Waals surface area contributed by atoms with Crippen molar-refractivity contribution in [2.24, 2.45) is 0 Å². The average Bonchev–Trinajstić information content (AvgIpc) is 2.21. The summed E-state index contributed by atoms with van der Waals surface area (Å²) in [5.74, 6) is 1.02. The van der Waals surface area contributed by atoms with Crippen molar-refractivity contribution >= 4 is 11.5 Å². The number of nitrogens with two attached hydrogens (primary N) is 1. The summed E-state index contributed by atoms with van der Waals surface area (Å²) >= 11 is 0. The largest absolute Gasteiger partial charge is 0.479 e. The van der Waals surface area contributed by atoms with Gasteiger partial charge in [-0.25, -0.2) is 4.98 Å². The van der Waals surface area contributed by atoms with E-state index in [2.05, 4.69) is 36.1 Å². The molecule has 0 fully saturated rings. The van der Waals surface area contributed by atoms with Crippen LogP contribution in [0.1, 0.15) is 27.2 Å². The van der Waals surface area contributed by atoms with E-state index in [1.807, 2.05) is 0 Å². The molecule has 0 bridgehead atoms. The fourth-order valence-corrected chi connectivity index (χ4v) is 1.05. The number of anilines is 2. The summed E-state index contributed by atoms with van der Waals surface area (Å²) in [4.78, 5) is 8.01. The molecule has 0 saturated carbocycles. The molecule has 0 radical (unpaired) electrons. The lowest BCUT2D eigenvalue weighted by atomic mass is 10.0. The molecule has 3 N–H and O–H groups in total. The number of hydrogen-bond donors (Lipinski definition) is 2.